The predicted octanol–water partition coefficient (Wildman–Crippen LogP) is 1.73. The van der Waals surface area contributed by atoms with Gasteiger partial charge in [0.25, 0.3) is 5.91 Å². The van der Waals surface area contributed by atoms with Crippen molar-refractivity contribution in [3.63, 3.8) is 0 Å². The van der Waals surface area contributed by atoms with E-state index in [0.29, 0.717) is 17.8 Å². The van der Waals surface area contributed by atoms with Gasteiger partial charge in [0.15, 0.2) is 0 Å². The van der Waals surface area contributed by atoms with Gasteiger partial charge in [0, 0.05) is 11.8 Å². The van der Waals surface area contributed by atoms with E-state index in [1.54, 1.807) is 31.5 Å². The van der Waals surface area contributed by atoms with Crippen LogP contribution in [0, 0.1) is 13.8 Å². The Morgan fingerprint density at radius 3 is 2.68 bits per heavy atom. The molecule has 0 unspecified atom stereocenters. The molecule has 2 N–H and O–H groups in total. The van der Waals surface area contributed by atoms with E-state index in [1.807, 2.05) is 6.92 Å². The van der Waals surface area contributed by atoms with Gasteiger partial charge in [0.1, 0.15) is 5.75 Å². The van der Waals surface area contributed by atoms with Crippen LogP contribution in [0.3, 0.4) is 0 Å². The highest BCUT2D eigenvalue weighted by atomic mass is 16.3. The van der Waals surface area contributed by atoms with Crippen LogP contribution < -0.4 is 5.32 Å². The Hall–Kier alpha value is -2.43. The molecule has 1 aromatic carbocycles. The van der Waals surface area contributed by atoms with Gasteiger partial charge in [0.05, 0.1) is 24.1 Å². The Kier molecular flexibility index (Phi) is 3.75. The highest BCUT2D eigenvalue weighted by Gasteiger charge is 2.07. The van der Waals surface area contributed by atoms with Crippen LogP contribution in [0.25, 0.3) is 0 Å². The number of rotatable bonds is 3. The van der Waals surface area contributed by atoms with Crippen molar-refractivity contribution in [3.05, 3.63) is 53.1 Å². The van der Waals surface area contributed by atoms with Gasteiger partial charge in [-0.25, -0.2) is 0 Å². The lowest BCUT2D eigenvalue weighted by Crippen LogP contribution is -2.23. The molecular formula is C14H15N3O2. The second kappa shape index (κ2) is 5.48. The average molecular weight is 257 g/mol. The predicted molar refractivity (Wildman–Crippen MR) is 70.8 cm³/mol. The summed E-state index contributed by atoms with van der Waals surface area (Å²) in [7, 11) is 0. The largest absolute Gasteiger partial charge is 0.508 e. The van der Waals surface area contributed by atoms with Crippen LogP contribution in [0.15, 0.2) is 30.6 Å². The molecule has 1 amide bonds. The lowest BCUT2D eigenvalue weighted by Gasteiger charge is -2.06. The first-order chi connectivity index (χ1) is 9.06. The number of nitrogens with one attached hydrogen (secondary N) is 1. The Morgan fingerprint density at radius 2 is 2.05 bits per heavy atom. The summed E-state index contributed by atoms with van der Waals surface area (Å²) >= 11 is 0. The van der Waals surface area contributed by atoms with Gasteiger partial charge < -0.3 is 10.4 Å². The third-order valence-corrected chi connectivity index (χ3v) is 2.74. The average Bonchev–Trinajstić information content (AvgIpc) is 2.41. The quantitative estimate of drug-likeness (QED) is 0.878. The zero-order chi connectivity index (χ0) is 13.8. The van der Waals surface area contributed by atoms with Crippen molar-refractivity contribution in [2.45, 2.75) is 20.4 Å². The van der Waals surface area contributed by atoms with Gasteiger partial charge in [0.2, 0.25) is 0 Å². The molecule has 0 atom stereocenters. The summed E-state index contributed by atoms with van der Waals surface area (Å²) in [6.07, 6.45) is 3.28. The maximum atomic E-state index is 11.9. The molecule has 2 rings (SSSR count). The molecule has 2 aromatic rings. The fourth-order valence-electron chi connectivity index (χ4n) is 1.53. The number of benzene rings is 1. The number of hydrogen-bond acceptors (Lipinski definition) is 4. The van der Waals surface area contributed by atoms with Gasteiger partial charge in [-0.15, -0.1) is 0 Å². The summed E-state index contributed by atoms with van der Waals surface area (Å²) in [5, 5.41) is 12.3. The number of carbonyl (C=O) groups is 1. The summed E-state index contributed by atoms with van der Waals surface area (Å²) in [6, 6.07) is 4.83. The number of aromatic nitrogens is 2. The van der Waals surface area contributed by atoms with Crippen molar-refractivity contribution in [2.75, 3.05) is 0 Å². The number of aromatic hydroxyl groups is 1. The highest BCUT2D eigenvalue weighted by Crippen LogP contribution is 2.17. The zero-order valence-electron chi connectivity index (χ0n) is 10.8. The summed E-state index contributed by atoms with van der Waals surface area (Å²) in [5.41, 5.74) is 2.68. The number of nitrogens with zero attached hydrogens (tertiary/aromatic N) is 2. The Balaban J connectivity index is 2.01. The molecule has 5 heteroatoms. The van der Waals surface area contributed by atoms with Crippen molar-refractivity contribution < 1.29 is 9.90 Å². The van der Waals surface area contributed by atoms with E-state index < -0.39 is 0 Å². The summed E-state index contributed by atoms with van der Waals surface area (Å²) in [6.45, 7) is 3.93. The maximum Gasteiger partial charge on any atom is 0.251 e. The van der Waals surface area contributed by atoms with Crippen LogP contribution in [0.5, 0.6) is 5.75 Å². The van der Waals surface area contributed by atoms with Crippen molar-refractivity contribution in [1.29, 1.82) is 0 Å². The number of phenols is 1. The number of aryl methyl sites for hydroxylation is 2. The number of hydrogen-bond donors (Lipinski definition) is 2. The van der Waals surface area contributed by atoms with E-state index in [2.05, 4.69) is 15.3 Å². The molecule has 0 saturated heterocycles. The summed E-state index contributed by atoms with van der Waals surface area (Å²) < 4.78 is 0. The minimum absolute atomic E-state index is 0.114. The van der Waals surface area contributed by atoms with Crippen LogP contribution in [-0.2, 0) is 6.54 Å². The molecule has 0 bridgehead atoms. The smallest absolute Gasteiger partial charge is 0.251 e. The molecule has 0 radical (unpaired) electrons. The second-order valence-corrected chi connectivity index (χ2v) is 4.33. The first-order valence-electron chi connectivity index (χ1n) is 5.91. The molecule has 1 aromatic heterocycles. The molecule has 0 aliphatic rings. The first kappa shape index (κ1) is 13.0. The third-order valence-electron chi connectivity index (χ3n) is 2.74. The van der Waals surface area contributed by atoms with Crippen molar-refractivity contribution in [3.8, 4) is 5.75 Å². The number of carbonyl (C=O) groups excluding carboxylic acids is 1. The normalized spacial score (nSPS) is 10.2. The molecule has 0 aliphatic carbocycles. The van der Waals surface area contributed by atoms with E-state index in [0.717, 1.165) is 11.3 Å². The second-order valence-electron chi connectivity index (χ2n) is 4.33. The lowest BCUT2D eigenvalue weighted by atomic mass is 10.1. The SMILES string of the molecule is Cc1cnc(CNC(=O)c2ccc(C)c(O)c2)cn1. The van der Waals surface area contributed by atoms with Gasteiger partial charge in [-0.3, -0.25) is 14.8 Å². The molecule has 0 saturated carbocycles. The molecule has 19 heavy (non-hydrogen) atoms. The molecule has 1 heterocycles. The molecule has 5 nitrogen and oxygen atoms in total. The molecule has 98 valence electrons. The van der Waals surface area contributed by atoms with E-state index in [4.69, 9.17) is 0 Å². The zero-order valence-corrected chi connectivity index (χ0v) is 10.8. The Labute approximate surface area is 111 Å². The summed E-state index contributed by atoms with van der Waals surface area (Å²) in [4.78, 5) is 20.1. The maximum absolute atomic E-state index is 11.9. The van der Waals surface area contributed by atoms with Crippen molar-refractivity contribution in [2.24, 2.45) is 0 Å². The van der Waals surface area contributed by atoms with Gasteiger partial charge >= 0.3 is 0 Å². The topological polar surface area (TPSA) is 75.1 Å². The highest BCUT2D eigenvalue weighted by molar-refractivity contribution is 5.94. The summed E-state index contributed by atoms with van der Waals surface area (Å²) in [5.74, 6) is -0.138. The molecule has 0 spiro atoms. The van der Waals surface area contributed by atoms with Crippen LogP contribution in [0.1, 0.15) is 27.3 Å². The van der Waals surface area contributed by atoms with E-state index in [1.165, 1.54) is 6.07 Å². The minimum Gasteiger partial charge on any atom is -0.508 e. The lowest BCUT2D eigenvalue weighted by molar-refractivity contribution is 0.0950. The monoisotopic (exact) mass is 257 g/mol. The van der Waals surface area contributed by atoms with E-state index >= 15 is 0 Å². The van der Waals surface area contributed by atoms with Crippen molar-refractivity contribution in [1.82, 2.24) is 15.3 Å². The van der Waals surface area contributed by atoms with Crippen LogP contribution in [0.2, 0.25) is 0 Å². The number of phenolic OH excluding ortho intramolecular Hbond substituents is 1. The van der Waals surface area contributed by atoms with Crippen LogP contribution in [0.4, 0.5) is 0 Å². The number of amides is 1. The molecule has 0 fully saturated rings. The van der Waals surface area contributed by atoms with Gasteiger partial charge in [-0.05, 0) is 31.5 Å². The Bertz CT molecular complexity index is 594. The Morgan fingerprint density at radius 1 is 1.26 bits per heavy atom. The van der Waals surface area contributed by atoms with E-state index in [-0.39, 0.29) is 11.7 Å². The minimum atomic E-state index is -0.252. The van der Waals surface area contributed by atoms with Gasteiger partial charge in [-0.2, -0.15) is 0 Å². The van der Waals surface area contributed by atoms with E-state index in [9.17, 15) is 9.90 Å². The molecule has 0 aliphatic heterocycles. The van der Waals surface area contributed by atoms with Crippen LogP contribution >= 0.6 is 0 Å². The fraction of sp³-hybridized carbons (Fsp3) is 0.214. The third kappa shape index (κ3) is 3.28. The molecular weight excluding hydrogens is 242 g/mol. The fourth-order valence-corrected chi connectivity index (χ4v) is 1.53. The van der Waals surface area contributed by atoms with Crippen LogP contribution in [-0.4, -0.2) is 21.0 Å². The van der Waals surface area contributed by atoms with Crippen molar-refractivity contribution >= 4 is 5.91 Å². The standard InChI is InChI=1S/C14H15N3O2/c1-9-3-4-11(5-13(9)18)14(19)17-8-12-7-15-10(2)6-16-12/h3-7,18H,8H2,1-2H3,(H,17,19). The van der Waals surface area contributed by atoms with Gasteiger partial charge in [-0.1, -0.05) is 6.07 Å². The first-order valence-corrected chi connectivity index (χ1v) is 5.91.